The van der Waals surface area contributed by atoms with Gasteiger partial charge < -0.3 is 19.9 Å². The molecule has 2 N–H and O–H groups in total. The van der Waals surface area contributed by atoms with Crippen molar-refractivity contribution < 1.29 is 9.53 Å². The van der Waals surface area contributed by atoms with Crippen LogP contribution in [0.25, 0.3) is 11.0 Å². The van der Waals surface area contributed by atoms with Gasteiger partial charge in [0.15, 0.2) is 0 Å². The van der Waals surface area contributed by atoms with Gasteiger partial charge in [0.05, 0.1) is 5.39 Å². The Morgan fingerprint density at radius 1 is 1.44 bits per heavy atom. The summed E-state index contributed by atoms with van der Waals surface area (Å²) in [6.45, 7) is 8.89. The summed E-state index contributed by atoms with van der Waals surface area (Å²) in [5, 5.41) is 4.56. The minimum atomic E-state index is -0.494. The maximum atomic E-state index is 12.3. The van der Waals surface area contributed by atoms with Crippen molar-refractivity contribution in [2.75, 3.05) is 18.4 Å². The third kappa shape index (κ3) is 4.15. The number of amides is 1. The topological polar surface area (TPSA) is 83.1 Å². The Balaban J connectivity index is 1.75. The number of anilines is 1. The van der Waals surface area contributed by atoms with Gasteiger partial charge in [-0.05, 0) is 57.7 Å². The molecule has 0 radical (unpaired) electrons. The average molecular weight is 366 g/mol. The van der Waals surface area contributed by atoms with Gasteiger partial charge in [-0.3, -0.25) is 0 Å². The lowest BCUT2D eigenvalue weighted by molar-refractivity contribution is 0.0206. The minimum Gasteiger partial charge on any atom is -0.444 e. The Bertz CT molecular complexity index is 783. The van der Waals surface area contributed by atoms with E-state index in [1.165, 1.54) is 0 Å². The quantitative estimate of drug-likeness (QED) is 0.792. The summed E-state index contributed by atoms with van der Waals surface area (Å²) in [5.74, 6) is 0.699. The van der Waals surface area contributed by atoms with E-state index < -0.39 is 5.60 Å². The van der Waals surface area contributed by atoms with Crippen LogP contribution in [-0.4, -0.2) is 50.7 Å². The molecule has 1 fully saturated rings. The summed E-state index contributed by atoms with van der Waals surface area (Å²) in [5.41, 5.74) is 1.26. The molecule has 1 unspecified atom stereocenters. The number of aryl methyl sites for hydroxylation is 1. The van der Waals surface area contributed by atoms with Crippen LogP contribution in [0, 0.1) is 6.92 Å². The van der Waals surface area contributed by atoms with Gasteiger partial charge in [0.2, 0.25) is 5.28 Å². The monoisotopic (exact) mass is 365 g/mol. The second-order valence-corrected chi connectivity index (χ2v) is 7.78. The fourth-order valence-corrected chi connectivity index (χ4v) is 3.21. The summed E-state index contributed by atoms with van der Waals surface area (Å²) in [6, 6.07) is 0.0877. The number of ether oxygens (including phenoxy) is 1. The average Bonchev–Trinajstić information content (AvgIpc) is 2.87. The molecule has 3 rings (SSSR count). The number of aromatic nitrogens is 3. The number of carbonyl (C=O) groups is 1. The molecule has 2 aromatic heterocycles. The zero-order chi connectivity index (χ0) is 18.2. The van der Waals surface area contributed by atoms with Crippen molar-refractivity contribution in [2.45, 2.75) is 52.2 Å². The first-order valence-corrected chi connectivity index (χ1v) is 8.86. The summed E-state index contributed by atoms with van der Waals surface area (Å²) in [4.78, 5) is 25.7. The molecular weight excluding hydrogens is 342 g/mol. The van der Waals surface area contributed by atoms with E-state index in [0.29, 0.717) is 24.6 Å². The molecule has 0 saturated carbocycles. The predicted molar refractivity (Wildman–Crippen MR) is 98.1 cm³/mol. The fourth-order valence-electron chi connectivity index (χ4n) is 3.05. The largest absolute Gasteiger partial charge is 0.444 e. The van der Waals surface area contributed by atoms with E-state index in [2.05, 4.69) is 20.3 Å². The van der Waals surface area contributed by atoms with Crippen LogP contribution in [0.4, 0.5) is 10.6 Å². The number of carbonyl (C=O) groups excluding carboxylic acids is 1. The highest BCUT2D eigenvalue weighted by molar-refractivity contribution is 6.28. The lowest BCUT2D eigenvalue weighted by atomic mass is 10.1. The molecule has 2 aromatic rings. The number of likely N-dealkylation sites (tertiary alicyclic amines) is 1. The third-order valence-corrected chi connectivity index (χ3v) is 4.28. The Morgan fingerprint density at radius 3 is 2.92 bits per heavy atom. The third-order valence-electron chi connectivity index (χ3n) is 4.12. The van der Waals surface area contributed by atoms with Gasteiger partial charge in [-0.15, -0.1) is 0 Å². The number of fused-ring (bicyclic) bond motifs is 1. The van der Waals surface area contributed by atoms with E-state index in [1.807, 2.05) is 33.9 Å². The SMILES string of the molecule is Cc1c[nH]c2nc(Cl)nc(NC3CCCN(C(=O)OC(C)(C)C)C3)c12. The number of halogens is 1. The standard InChI is InChI=1S/C17H24ClN5O2/c1-10-8-19-13-12(10)14(22-15(18)21-13)20-11-6-5-7-23(9-11)16(24)25-17(2,3)4/h8,11H,5-7,9H2,1-4H3,(H2,19,20,21,22). The first-order valence-electron chi connectivity index (χ1n) is 8.48. The highest BCUT2D eigenvalue weighted by Gasteiger charge is 2.28. The highest BCUT2D eigenvalue weighted by Crippen LogP contribution is 2.27. The lowest BCUT2D eigenvalue weighted by Gasteiger charge is -2.34. The van der Waals surface area contributed by atoms with Gasteiger partial charge in [-0.2, -0.15) is 4.98 Å². The van der Waals surface area contributed by atoms with Crippen LogP contribution >= 0.6 is 11.6 Å². The minimum absolute atomic E-state index is 0.0877. The molecule has 1 saturated heterocycles. The van der Waals surface area contributed by atoms with Gasteiger partial charge in [0.25, 0.3) is 0 Å². The van der Waals surface area contributed by atoms with Crippen LogP contribution in [0.2, 0.25) is 5.28 Å². The summed E-state index contributed by atoms with van der Waals surface area (Å²) < 4.78 is 5.48. The van der Waals surface area contributed by atoms with E-state index in [4.69, 9.17) is 16.3 Å². The van der Waals surface area contributed by atoms with Crippen molar-refractivity contribution in [3.05, 3.63) is 17.0 Å². The predicted octanol–water partition coefficient (Wildman–Crippen LogP) is 3.73. The Morgan fingerprint density at radius 2 is 2.20 bits per heavy atom. The smallest absolute Gasteiger partial charge is 0.410 e. The number of rotatable bonds is 2. The number of H-pyrrole nitrogens is 1. The first kappa shape index (κ1) is 17.8. The number of hydrogen-bond donors (Lipinski definition) is 2. The van der Waals surface area contributed by atoms with Gasteiger partial charge in [0.1, 0.15) is 17.1 Å². The Hall–Kier alpha value is -2.02. The summed E-state index contributed by atoms with van der Waals surface area (Å²) >= 11 is 6.04. The van der Waals surface area contributed by atoms with Crippen LogP contribution < -0.4 is 5.32 Å². The molecule has 8 heteroatoms. The van der Waals surface area contributed by atoms with Crippen LogP contribution in [0.15, 0.2) is 6.20 Å². The molecule has 7 nitrogen and oxygen atoms in total. The number of hydrogen-bond acceptors (Lipinski definition) is 5. The molecule has 0 aliphatic carbocycles. The van der Waals surface area contributed by atoms with Crippen molar-refractivity contribution in [2.24, 2.45) is 0 Å². The molecule has 0 bridgehead atoms. The molecule has 0 aromatic carbocycles. The maximum absolute atomic E-state index is 12.3. The van der Waals surface area contributed by atoms with Gasteiger partial charge in [-0.1, -0.05) is 0 Å². The van der Waals surface area contributed by atoms with Crippen molar-refractivity contribution in [1.82, 2.24) is 19.9 Å². The fraction of sp³-hybridized carbons (Fsp3) is 0.588. The summed E-state index contributed by atoms with van der Waals surface area (Å²) in [7, 11) is 0. The molecule has 1 amide bonds. The van der Waals surface area contributed by atoms with Crippen LogP contribution in [-0.2, 0) is 4.74 Å². The molecule has 3 heterocycles. The Labute approximate surface area is 152 Å². The van der Waals surface area contributed by atoms with E-state index in [-0.39, 0.29) is 17.4 Å². The first-order chi connectivity index (χ1) is 11.7. The lowest BCUT2D eigenvalue weighted by Crippen LogP contribution is -2.47. The molecule has 1 aliphatic heterocycles. The highest BCUT2D eigenvalue weighted by atomic mass is 35.5. The second-order valence-electron chi connectivity index (χ2n) is 7.45. The number of nitrogens with one attached hydrogen (secondary N) is 2. The molecular formula is C17H24ClN5O2. The zero-order valence-corrected chi connectivity index (χ0v) is 15.8. The second kappa shape index (κ2) is 6.71. The van der Waals surface area contributed by atoms with E-state index in [9.17, 15) is 4.79 Å². The number of aromatic amines is 1. The number of piperidine rings is 1. The molecule has 136 valence electrons. The molecule has 25 heavy (non-hydrogen) atoms. The zero-order valence-electron chi connectivity index (χ0n) is 15.0. The maximum Gasteiger partial charge on any atom is 0.410 e. The molecule has 1 atom stereocenters. The van der Waals surface area contributed by atoms with Crippen molar-refractivity contribution in [3.8, 4) is 0 Å². The van der Waals surface area contributed by atoms with Crippen molar-refractivity contribution >= 4 is 34.5 Å². The van der Waals surface area contributed by atoms with E-state index >= 15 is 0 Å². The summed E-state index contributed by atoms with van der Waals surface area (Å²) in [6.07, 6.45) is 3.47. The van der Waals surface area contributed by atoms with Crippen LogP contribution in [0.1, 0.15) is 39.2 Å². The van der Waals surface area contributed by atoms with Crippen molar-refractivity contribution in [1.29, 1.82) is 0 Å². The Kier molecular flexibility index (Phi) is 4.77. The molecule has 0 spiro atoms. The normalized spacial score (nSPS) is 18.4. The van der Waals surface area contributed by atoms with E-state index in [0.717, 1.165) is 23.8 Å². The number of nitrogens with zero attached hydrogens (tertiary/aromatic N) is 3. The van der Waals surface area contributed by atoms with Crippen LogP contribution in [0.3, 0.4) is 0 Å². The van der Waals surface area contributed by atoms with Gasteiger partial charge >= 0.3 is 6.09 Å². The van der Waals surface area contributed by atoms with Gasteiger partial charge in [0, 0.05) is 25.3 Å². The van der Waals surface area contributed by atoms with Crippen LogP contribution in [0.5, 0.6) is 0 Å². The molecule has 1 aliphatic rings. The van der Waals surface area contributed by atoms with Gasteiger partial charge in [-0.25, -0.2) is 9.78 Å². The van der Waals surface area contributed by atoms with E-state index in [1.54, 1.807) is 4.90 Å². The van der Waals surface area contributed by atoms with Crippen molar-refractivity contribution in [3.63, 3.8) is 0 Å².